The predicted octanol–water partition coefficient (Wildman–Crippen LogP) is 3.81. The lowest BCUT2D eigenvalue weighted by Gasteiger charge is -2.24. The van der Waals surface area contributed by atoms with Gasteiger partial charge in [0.2, 0.25) is 0 Å². The summed E-state index contributed by atoms with van der Waals surface area (Å²) in [6.07, 6.45) is 0.936. The van der Waals surface area contributed by atoms with E-state index in [2.05, 4.69) is 34.5 Å². The number of halogens is 1. The molecule has 1 N–H and O–H groups in total. The van der Waals surface area contributed by atoms with Gasteiger partial charge in [-0.05, 0) is 36.6 Å². The summed E-state index contributed by atoms with van der Waals surface area (Å²) in [5, 5.41) is 2.98. The number of hydrogen-bond acceptors (Lipinski definition) is 3. The van der Waals surface area contributed by atoms with Crippen LogP contribution >= 0.6 is 0 Å². The monoisotopic (exact) mass is 385 g/mol. The Morgan fingerprint density at radius 1 is 1.14 bits per heavy atom. The molecule has 1 saturated heterocycles. The first-order valence-corrected chi connectivity index (χ1v) is 9.72. The molecule has 28 heavy (non-hydrogen) atoms. The Bertz CT molecular complexity index is 785. The smallest absolute Gasteiger partial charge is 0.317 e. The number of amides is 2. The van der Waals surface area contributed by atoms with Gasteiger partial charge in [0.05, 0.1) is 13.2 Å². The summed E-state index contributed by atoms with van der Waals surface area (Å²) in [6, 6.07) is 14.8. The standard InChI is InChI=1S/C22H28FN3O2/c1-17(19-9-10-21(28-2)20(23)15-19)24-22(27)26-12-6-11-25(13-14-26)16-18-7-4-3-5-8-18/h3-5,7-10,15,17H,6,11-14,16H2,1-2H3,(H,24,27). The zero-order valence-electron chi connectivity index (χ0n) is 16.5. The number of nitrogens with one attached hydrogen (secondary N) is 1. The summed E-state index contributed by atoms with van der Waals surface area (Å²) >= 11 is 0. The maximum absolute atomic E-state index is 13.9. The Morgan fingerprint density at radius 3 is 2.64 bits per heavy atom. The molecular weight excluding hydrogens is 357 g/mol. The van der Waals surface area contributed by atoms with Gasteiger partial charge in [-0.15, -0.1) is 0 Å². The highest BCUT2D eigenvalue weighted by Crippen LogP contribution is 2.22. The van der Waals surface area contributed by atoms with E-state index in [1.165, 1.54) is 18.7 Å². The van der Waals surface area contributed by atoms with E-state index in [0.717, 1.165) is 32.6 Å². The van der Waals surface area contributed by atoms with Gasteiger partial charge in [-0.3, -0.25) is 4.90 Å². The van der Waals surface area contributed by atoms with Crippen LogP contribution in [0.2, 0.25) is 0 Å². The van der Waals surface area contributed by atoms with Crippen molar-refractivity contribution in [2.45, 2.75) is 25.9 Å². The molecule has 5 nitrogen and oxygen atoms in total. The summed E-state index contributed by atoms with van der Waals surface area (Å²) in [6.45, 7) is 5.98. The van der Waals surface area contributed by atoms with Crippen LogP contribution in [0.5, 0.6) is 5.75 Å². The van der Waals surface area contributed by atoms with Gasteiger partial charge in [0, 0.05) is 32.7 Å². The average molecular weight is 385 g/mol. The minimum Gasteiger partial charge on any atom is -0.494 e. The number of hydrogen-bond donors (Lipinski definition) is 1. The highest BCUT2D eigenvalue weighted by molar-refractivity contribution is 5.74. The molecular formula is C22H28FN3O2. The Labute approximate surface area is 166 Å². The fraction of sp³-hybridized carbons (Fsp3) is 0.409. The number of methoxy groups -OCH3 is 1. The van der Waals surface area contributed by atoms with E-state index in [0.29, 0.717) is 12.1 Å². The van der Waals surface area contributed by atoms with Crippen LogP contribution in [-0.2, 0) is 6.54 Å². The van der Waals surface area contributed by atoms with E-state index in [-0.39, 0.29) is 17.8 Å². The lowest BCUT2D eigenvalue weighted by atomic mass is 10.1. The zero-order chi connectivity index (χ0) is 19.9. The second kappa shape index (κ2) is 9.55. The van der Waals surface area contributed by atoms with Crippen LogP contribution in [0.4, 0.5) is 9.18 Å². The van der Waals surface area contributed by atoms with E-state index >= 15 is 0 Å². The zero-order valence-corrected chi connectivity index (χ0v) is 16.5. The molecule has 6 heteroatoms. The fourth-order valence-corrected chi connectivity index (χ4v) is 3.49. The van der Waals surface area contributed by atoms with E-state index in [9.17, 15) is 9.18 Å². The van der Waals surface area contributed by atoms with Gasteiger partial charge >= 0.3 is 6.03 Å². The van der Waals surface area contributed by atoms with Crippen LogP contribution in [0, 0.1) is 5.82 Å². The van der Waals surface area contributed by atoms with Crippen molar-refractivity contribution in [1.29, 1.82) is 0 Å². The molecule has 1 fully saturated rings. The van der Waals surface area contributed by atoms with Gasteiger partial charge < -0.3 is 15.0 Å². The molecule has 150 valence electrons. The minimum absolute atomic E-state index is 0.106. The number of nitrogens with zero attached hydrogens (tertiary/aromatic N) is 2. The summed E-state index contributed by atoms with van der Waals surface area (Å²) in [7, 11) is 1.43. The van der Waals surface area contributed by atoms with E-state index < -0.39 is 5.82 Å². The van der Waals surface area contributed by atoms with Gasteiger partial charge in [0.15, 0.2) is 11.6 Å². The number of carbonyl (C=O) groups excluding carboxylic acids is 1. The molecule has 2 amide bonds. The van der Waals surface area contributed by atoms with E-state index in [4.69, 9.17) is 4.74 Å². The Hall–Kier alpha value is -2.60. The molecule has 1 unspecified atom stereocenters. The number of carbonyl (C=O) groups is 1. The molecule has 0 saturated carbocycles. The van der Waals surface area contributed by atoms with Crippen molar-refractivity contribution in [1.82, 2.24) is 15.1 Å². The molecule has 3 rings (SSSR count). The highest BCUT2D eigenvalue weighted by Gasteiger charge is 2.21. The summed E-state index contributed by atoms with van der Waals surface area (Å²) < 4.78 is 18.9. The SMILES string of the molecule is COc1ccc(C(C)NC(=O)N2CCCN(Cc3ccccc3)CC2)cc1F. The number of ether oxygens (including phenoxy) is 1. The predicted molar refractivity (Wildman–Crippen MR) is 108 cm³/mol. The first kappa shape index (κ1) is 20.1. The second-order valence-corrected chi connectivity index (χ2v) is 7.17. The molecule has 0 aromatic heterocycles. The first-order valence-electron chi connectivity index (χ1n) is 9.72. The van der Waals surface area contributed by atoms with Crippen molar-refractivity contribution in [2.75, 3.05) is 33.3 Å². The third-order valence-electron chi connectivity index (χ3n) is 5.14. The fourth-order valence-electron chi connectivity index (χ4n) is 3.49. The van der Waals surface area contributed by atoms with Crippen LogP contribution in [0.15, 0.2) is 48.5 Å². The molecule has 0 radical (unpaired) electrons. The molecule has 1 aliphatic rings. The Kier molecular flexibility index (Phi) is 6.87. The topological polar surface area (TPSA) is 44.8 Å². The lowest BCUT2D eigenvalue weighted by molar-refractivity contribution is 0.194. The van der Waals surface area contributed by atoms with Crippen molar-refractivity contribution >= 4 is 6.03 Å². The summed E-state index contributed by atoms with van der Waals surface area (Å²) in [5.74, 6) is -0.222. The molecule has 2 aromatic rings. The molecule has 0 aliphatic carbocycles. The summed E-state index contributed by atoms with van der Waals surface area (Å²) in [5.41, 5.74) is 2.00. The van der Waals surface area contributed by atoms with Gasteiger partial charge in [-0.2, -0.15) is 0 Å². The average Bonchev–Trinajstić information content (AvgIpc) is 2.94. The first-order chi connectivity index (χ1) is 13.6. The van der Waals surface area contributed by atoms with Crippen LogP contribution in [0.1, 0.15) is 30.5 Å². The number of urea groups is 1. The number of rotatable bonds is 5. The summed E-state index contributed by atoms with van der Waals surface area (Å²) in [4.78, 5) is 16.9. The lowest BCUT2D eigenvalue weighted by Crippen LogP contribution is -2.42. The largest absolute Gasteiger partial charge is 0.494 e. The normalized spacial score (nSPS) is 16.3. The van der Waals surface area contributed by atoms with Crippen LogP contribution in [0.25, 0.3) is 0 Å². The van der Waals surface area contributed by atoms with E-state index in [1.54, 1.807) is 12.1 Å². The quantitative estimate of drug-likeness (QED) is 0.851. The van der Waals surface area contributed by atoms with Crippen molar-refractivity contribution < 1.29 is 13.9 Å². The maximum atomic E-state index is 13.9. The Morgan fingerprint density at radius 2 is 1.93 bits per heavy atom. The number of benzene rings is 2. The molecule has 0 spiro atoms. The van der Waals surface area contributed by atoms with Crippen LogP contribution in [-0.4, -0.2) is 49.1 Å². The third-order valence-corrected chi connectivity index (χ3v) is 5.14. The molecule has 1 atom stereocenters. The van der Waals surface area contributed by atoms with Crippen LogP contribution in [0.3, 0.4) is 0 Å². The van der Waals surface area contributed by atoms with Gasteiger partial charge in [-0.25, -0.2) is 9.18 Å². The van der Waals surface area contributed by atoms with Gasteiger partial charge in [0.1, 0.15) is 0 Å². The van der Waals surface area contributed by atoms with Crippen molar-refractivity contribution in [3.63, 3.8) is 0 Å². The maximum Gasteiger partial charge on any atom is 0.317 e. The van der Waals surface area contributed by atoms with Crippen molar-refractivity contribution in [2.24, 2.45) is 0 Å². The van der Waals surface area contributed by atoms with Crippen molar-refractivity contribution in [3.05, 3.63) is 65.5 Å². The highest BCUT2D eigenvalue weighted by atomic mass is 19.1. The third kappa shape index (κ3) is 5.23. The molecule has 1 heterocycles. The molecule has 2 aromatic carbocycles. The van der Waals surface area contributed by atoms with Crippen molar-refractivity contribution in [3.8, 4) is 5.75 Å². The van der Waals surface area contributed by atoms with Gasteiger partial charge in [-0.1, -0.05) is 36.4 Å². The van der Waals surface area contributed by atoms with E-state index in [1.807, 2.05) is 17.9 Å². The molecule has 1 aliphatic heterocycles. The van der Waals surface area contributed by atoms with Crippen LogP contribution < -0.4 is 10.1 Å². The minimum atomic E-state index is -0.424. The molecule has 0 bridgehead atoms. The second-order valence-electron chi connectivity index (χ2n) is 7.17. The Balaban J connectivity index is 1.53. The van der Waals surface area contributed by atoms with Gasteiger partial charge in [0.25, 0.3) is 0 Å².